The molecule has 1 N–H and O–H groups in total. The Labute approximate surface area is 186 Å². The molecule has 0 aliphatic carbocycles. The van der Waals surface area contributed by atoms with E-state index in [1.807, 2.05) is 0 Å². The number of rotatable bonds is 4. The summed E-state index contributed by atoms with van der Waals surface area (Å²) in [5.41, 5.74) is 2.77. The summed E-state index contributed by atoms with van der Waals surface area (Å²) in [6.45, 7) is 1.66. The molecule has 10 heteroatoms. The van der Waals surface area contributed by atoms with Crippen LogP contribution >= 0.6 is 0 Å². The lowest BCUT2D eigenvalue weighted by Gasteiger charge is -2.11. The summed E-state index contributed by atoms with van der Waals surface area (Å²) in [4.78, 5) is 20.4. The van der Waals surface area contributed by atoms with E-state index in [0.29, 0.717) is 39.0 Å². The van der Waals surface area contributed by atoms with Crippen LogP contribution in [-0.4, -0.2) is 31.0 Å². The van der Waals surface area contributed by atoms with Crippen LogP contribution in [-0.2, 0) is 9.84 Å². The zero-order valence-electron chi connectivity index (χ0n) is 17.4. The SMILES string of the molecule is Cc1c(-c2ccc(-c3ccc(OC(F)(F)F)cc3)nc2)[nH]c2cc(S(C)(=O)=O)ccc2c1=O. The highest BCUT2D eigenvalue weighted by molar-refractivity contribution is 7.90. The maximum Gasteiger partial charge on any atom is 0.573 e. The van der Waals surface area contributed by atoms with Crippen molar-refractivity contribution < 1.29 is 26.3 Å². The molecule has 0 unspecified atom stereocenters. The molecule has 2 aromatic carbocycles. The van der Waals surface area contributed by atoms with Gasteiger partial charge in [-0.25, -0.2) is 8.42 Å². The molecule has 2 aromatic heterocycles. The van der Waals surface area contributed by atoms with Gasteiger partial charge in [-0.1, -0.05) is 0 Å². The molecule has 0 saturated carbocycles. The molecular weight excluding hydrogens is 457 g/mol. The predicted octanol–water partition coefficient (Wildman–Crippen LogP) is 4.87. The Morgan fingerprint density at radius 1 is 0.970 bits per heavy atom. The molecule has 0 aliphatic rings. The predicted molar refractivity (Wildman–Crippen MR) is 118 cm³/mol. The van der Waals surface area contributed by atoms with Crippen molar-refractivity contribution in [2.45, 2.75) is 18.2 Å². The molecule has 0 atom stereocenters. The molecule has 170 valence electrons. The lowest BCUT2D eigenvalue weighted by molar-refractivity contribution is -0.274. The number of aromatic nitrogens is 2. The van der Waals surface area contributed by atoms with Crippen LogP contribution in [0.15, 0.2) is 70.5 Å². The minimum Gasteiger partial charge on any atom is -0.406 e. The van der Waals surface area contributed by atoms with Crippen molar-refractivity contribution in [3.8, 4) is 28.3 Å². The number of sulfone groups is 1. The molecule has 0 amide bonds. The van der Waals surface area contributed by atoms with Crippen LogP contribution in [0.25, 0.3) is 33.4 Å². The normalized spacial score (nSPS) is 12.2. The Kier molecular flexibility index (Phi) is 5.49. The van der Waals surface area contributed by atoms with Crippen LogP contribution in [0.1, 0.15) is 5.56 Å². The van der Waals surface area contributed by atoms with E-state index in [9.17, 15) is 26.4 Å². The van der Waals surface area contributed by atoms with Gasteiger partial charge in [-0.2, -0.15) is 0 Å². The third-order valence-electron chi connectivity index (χ3n) is 5.07. The summed E-state index contributed by atoms with van der Waals surface area (Å²) in [6, 6.07) is 13.0. The Morgan fingerprint density at radius 3 is 2.21 bits per heavy atom. The quantitative estimate of drug-likeness (QED) is 0.456. The van der Waals surface area contributed by atoms with Crippen LogP contribution in [0.4, 0.5) is 13.2 Å². The lowest BCUT2D eigenvalue weighted by Crippen LogP contribution is -2.16. The second-order valence-electron chi connectivity index (χ2n) is 7.44. The molecule has 4 aromatic rings. The van der Waals surface area contributed by atoms with Gasteiger partial charge in [0.1, 0.15) is 5.75 Å². The first-order valence-corrected chi connectivity index (χ1v) is 11.5. The summed E-state index contributed by atoms with van der Waals surface area (Å²) in [6.07, 6.45) is -2.15. The van der Waals surface area contributed by atoms with Gasteiger partial charge < -0.3 is 9.72 Å². The zero-order valence-corrected chi connectivity index (χ0v) is 18.2. The highest BCUT2D eigenvalue weighted by Gasteiger charge is 2.31. The van der Waals surface area contributed by atoms with Gasteiger partial charge in [0.15, 0.2) is 15.3 Å². The summed E-state index contributed by atoms with van der Waals surface area (Å²) >= 11 is 0. The topological polar surface area (TPSA) is 89.1 Å². The van der Waals surface area contributed by atoms with Gasteiger partial charge in [0, 0.05) is 34.5 Å². The second kappa shape index (κ2) is 8.04. The number of nitrogens with one attached hydrogen (secondary N) is 1. The molecule has 0 spiro atoms. The second-order valence-corrected chi connectivity index (χ2v) is 9.45. The van der Waals surface area contributed by atoms with E-state index < -0.39 is 16.2 Å². The van der Waals surface area contributed by atoms with E-state index in [4.69, 9.17) is 0 Å². The lowest BCUT2D eigenvalue weighted by atomic mass is 10.0. The number of nitrogens with zero attached hydrogens (tertiary/aromatic N) is 1. The molecule has 33 heavy (non-hydrogen) atoms. The van der Waals surface area contributed by atoms with Gasteiger partial charge in [0.25, 0.3) is 0 Å². The van der Waals surface area contributed by atoms with E-state index >= 15 is 0 Å². The third-order valence-corrected chi connectivity index (χ3v) is 6.19. The number of alkyl halides is 3. The summed E-state index contributed by atoms with van der Waals surface area (Å²) in [7, 11) is -3.45. The van der Waals surface area contributed by atoms with E-state index in [2.05, 4.69) is 14.7 Å². The average molecular weight is 474 g/mol. The Morgan fingerprint density at radius 2 is 1.64 bits per heavy atom. The number of ether oxygens (including phenoxy) is 1. The van der Waals surface area contributed by atoms with Crippen molar-refractivity contribution in [3.63, 3.8) is 0 Å². The number of fused-ring (bicyclic) bond motifs is 1. The van der Waals surface area contributed by atoms with Gasteiger partial charge in [-0.3, -0.25) is 9.78 Å². The molecule has 0 aliphatic heterocycles. The van der Waals surface area contributed by atoms with Crippen LogP contribution in [0, 0.1) is 6.92 Å². The molecule has 6 nitrogen and oxygen atoms in total. The fourth-order valence-electron chi connectivity index (χ4n) is 3.43. The summed E-state index contributed by atoms with van der Waals surface area (Å²) < 4.78 is 64.6. The van der Waals surface area contributed by atoms with Crippen LogP contribution in [0.3, 0.4) is 0 Å². The summed E-state index contributed by atoms with van der Waals surface area (Å²) in [5.74, 6) is -0.333. The number of pyridine rings is 2. The fraction of sp³-hybridized carbons (Fsp3) is 0.130. The van der Waals surface area contributed by atoms with E-state index in [1.54, 1.807) is 19.1 Å². The standard InChI is InChI=1S/C23H17F3N2O4S/c1-13-21(28-20-11-17(33(2,30)31)8-9-18(20)22(13)29)15-5-10-19(27-12-15)14-3-6-16(7-4-14)32-23(24,25)26/h3-12H,1-2H3,(H,28,29). The monoisotopic (exact) mass is 474 g/mol. The van der Waals surface area contributed by atoms with Crippen molar-refractivity contribution in [2.24, 2.45) is 0 Å². The van der Waals surface area contributed by atoms with E-state index in [-0.39, 0.29) is 16.1 Å². The Balaban J connectivity index is 1.70. The van der Waals surface area contributed by atoms with E-state index in [1.165, 1.54) is 48.7 Å². The molecule has 4 rings (SSSR count). The first-order chi connectivity index (χ1) is 15.4. The highest BCUT2D eigenvalue weighted by atomic mass is 32.2. The molecule has 0 fully saturated rings. The zero-order chi connectivity index (χ0) is 24.0. The van der Waals surface area contributed by atoms with Crippen LogP contribution in [0.5, 0.6) is 5.75 Å². The largest absolute Gasteiger partial charge is 0.573 e. The van der Waals surface area contributed by atoms with Gasteiger partial charge in [0.2, 0.25) is 0 Å². The number of H-pyrrole nitrogens is 1. The van der Waals surface area contributed by atoms with Crippen LogP contribution < -0.4 is 10.2 Å². The van der Waals surface area contributed by atoms with Crippen molar-refractivity contribution in [2.75, 3.05) is 6.26 Å². The Hall–Kier alpha value is -3.66. The van der Waals surface area contributed by atoms with Crippen LogP contribution in [0.2, 0.25) is 0 Å². The minimum atomic E-state index is -4.77. The minimum absolute atomic E-state index is 0.0897. The molecular formula is C23H17F3N2O4S. The maximum absolute atomic E-state index is 12.8. The first-order valence-electron chi connectivity index (χ1n) is 9.62. The van der Waals surface area contributed by atoms with Gasteiger partial charge >= 0.3 is 6.36 Å². The first kappa shape index (κ1) is 22.5. The molecule has 2 heterocycles. The van der Waals surface area contributed by atoms with Crippen molar-refractivity contribution >= 4 is 20.7 Å². The Bertz CT molecular complexity index is 1510. The van der Waals surface area contributed by atoms with E-state index in [0.717, 1.165) is 6.26 Å². The number of halogens is 3. The average Bonchev–Trinajstić information content (AvgIpc) is 2.75. The van der Waals surface area contributed by atoms with Gasteiger partial charge in [0.05, 0.1) is 21.8 Å². The highest BCUT2D eigenvalue weighted by Crippen LogP contribution is 2.28. The number of benzene rings is 2. The maximum atomic E-state index is 12.8. The summed E-state index contributed by atoms with van der Waals surface area (Å²) in [5, 5.41) is 0.370. The number of aromatic amines is 1. The van der Waals surface area contributed by atoms with Gasteiger partial charge in [-0.15, -0.1) is 13.2 Å². The fourth-order valence-corrected chi connectivity index (χ4v) is 4.08. The number of hydrogen-bond acceptors (Lipinski definition) is 5. The molecule has 0 radical (unpaired) electrons. The third kappa shape index (κ3) is 4.75. The molecule has 0 bridgehead atoms. The van der Waals surface area contributed by atoms with Crippen molar-refractivity contribution in [1.29, 1.82) is 0 Å². The van der Waals surface area contributed by atoms with Gasteiger partial charge in [-0.05, 0) is 61.5 Å². The number of hydrogen-bond donors (Lipinski definition) is 1. The van der Waals surface area contributed by atoms with Crippen molar-refractivity contribution in [3.05, 3.63) is 76.6 Å². The molecule has 0 saturated heterocycles. The smallest absolute Gasteiger partial charge is 0.406 e. The van der Waals surface area contributed by atoms with Crippen molar-refractivity contribution in [1.82, 2.24) is 9.97 Å².